The lowest BCUT2D eigenvalue weighted by Crippen LogP contribution is -2.36. The summed E-state index contributed by atoms with van der Waals surface area (Å²) in [6, 6.07) is 0. The fraction of sp³-hybridized carbons (Fsp3) is 0.938. The number of hydrogen-bond donors (Lipinski definition) is 2. The molecule has 3 N–H and O–H groups in total. The Hall–Kier alpha value is -0.570. The Kier molecular flexibility index (Phi) is 5.68. The van der Waals surface area contributed by atoms with E-state index in [0.29, 0.717) is 12.5 Å². The summed E-state index contributed by atoms with van der Waals surface area (Å²) >= 11 is 0. The molecule has 0 aromatic heterocycles. The minimum Gasteiger partial charge on any atom is -0.356 e. The molecule has 110 valence electrons. The maximum absolute atomic E-state index is 12.2. The molecule has 2 aliphatic carbocycles. The van der Waals surface area contributed by atoms with Crippen LogP contribution in [0.5, 0.6) is 0 Å². The number of carbonyl (C=O) groups excluding carboxylic acids is 1. The van der Waals surface area contributed by atoms with Crippen molar-refractivity contribution in [1.29, 1.82) is 0 Å². The van der Waals surface area contributed by atoms with Gasteiger partial charge in [-0.3, -0.25) is 4.79 Å². The van der Waals surface area contributed by atoms with Gasteiger partial charge in [-0.25, -0.2) is 0 Å². The first kappa shape index (κ1) is 14.8. The van der Waals surface area contributed by atoms with Crippen LogP contribution in [0.1, 0.15) is 58.3 Å². The van der Waals surface area contributed by atoms with E-state index >= 15 is 0 Å². The molecule has 3 heteroatoms. The third kappa shape index (κ3) is 3.95. The first-order valence-electron chi connectivity index (χ1n) is 8.20. The van der Waals surface area contributed by atoms with Crippen LogP contribution in [-0.2, 0) is 4.79 Å². The smallest absolute Gasteiger partial charge is 0.223 e. The monoisotopic (exact) mass is 266 g/mol. The van der Waals surface area contributed by atoms with E-state index in [4.69, 9.17) is 5.73 Å². The van der Waals surface area contributed by atoms with Gasteiger partial charge < -0.3 is 11.1 Å². The highest BCUT2D eigenvalue weighted by atomic mass is 16.1. The van der Waals surface area contributed by atoms with Crippen molar-refractivity contribution in [3.05, 3.63) is 0 Å². The zero-order valence-electron chi connectivity index (χ0n) is 12.4. The second kappa shape index (κ2) is 7.28. The summed E-state index contributed by atoms with van der Waals surface area (Å²) in [5.74, 6) is 2.54. The van der Waals surface area contributed by atoms with Crippen LogP contribution in [0, 0.1) is 23.7 Å². The Balaban J connectivity index is 1.68. The highest BCUT2D eigenvalue weighted by Gasteiger charge is 2.31. The third-order valence-corrected chi connectivity index (χ3v) is 5.40. The van der Waals surface area contributed by atoms with Crippen LogP contribution >= 0.6 is 0 Å². The Labute approximate surface area is 117 Å². The van der Waals surface area contributed by atoms with Crippen molar-refractivity contribution in [2.75, 3.05) is 13.1 Å². The molecule has 0 heterocycles. The molecule has 0 bridgehead atoms. The lowest BCUT2D eigenvalue weighted by Gasteiger charge is -2.29. The molecule has 0 aromatic rings. The van der Waals surface area contributed by atoms with Crippen molar-refractivity contribution < 1.29 is 4.79 Å². The molecule has 4 atom stereocenters. The molecule has 3 nitrogen and oxygen atoms in total. The van der Waals surface area contributed by atoms with Gasteiger partial charge in [0.05, 0.1) is 0 Å². The van der Waals surface area contributed by atoms with Gasteiger partial charge in [-0.2, -0.15) is 0 Å². The van der Waals surface area contributed by atoms with Crippen LogP contribution in [0.25, 0.3) is 0 Å². The predicted octanol–water partition coefficient (Wildman–Crippen LogP) is 2.69. The summed E-state index contributed by atoms with van der Waals surface area (Å²) in [6.45, 7) is 3.90. The van der Waals surface area contributed by atoms with Gasteiger partial charge in [0, 0.05) is 12.5 Å². The summed E-state index contributed by atoms with van der Waals surface area (Å²) in [4.78, 5) is 12.2. The van der Waals surface area contributed by atoms with E-state index in [0.717, 1.165) is 37.6 Å². The molecule has 0 aromatic carbocycles. The standard InChI is InChI=1S/C16H30N2O/c1-12-5-2-3-6-13(12)9-10-18-16(19)15-8-4-7-14(15)11-17/h12-15H,2-11,17H2,1H3,(H,18,19)/t12?,13?,14-,15-/m1/s1. The van der Waals surface area contributed by atoms with Gasteiger partial charge in [-0.1, -0.05) is 39.0 Å². The largest absolute Gasteiger partial charge is 0.356 e. The maximum atomic E-state index is 12.2. The first-order chi connectivity index (χ1) is 9.22. The summed E-state index contributed by atoms with van der Waals surface area (Å²) in [6.07, 6.45) is 9.99. The topological polar surface area (TPSA) is 55.1 Å². The second-order valence-electron chi connectivity index (χ2n) is 6.63. The average molecular weight is 266 g/mol. The van der Waals surface area contributed by atoms with Gasteiger partial charge in [-0.15, -0.1) is 0 Å². The molecule has 2 aliphatic rings. The number of amides is 1. The van der Waals surface area contributed by atoms with Crippen LogP contribution in [-0.4, -0.2) is 19.0 Å². The molecule has 19 heavy (non-hydrogen) atoms. The number of nitrogens with two attached hydrogens (primary N) is 1. The van der Waals surface area contributed by atoms with Crippen molar-refractivity contribution in [1.82, 2.24) is 5.32 Å². The fourth-order valence-electron chi connectivity index (χ4n) is 4.00. The minimum atomic E-state index is 0.189. The Bertz CT molecular complexity index is 292. The molecule has 0 saturated heterocycles. The van der Waals surface area contributed by atoms with Crippen LogP contribution in [0.3, 0.4) is 0 Å². The van der Waals surface area contributed by atoms with Gasteiger partial charge in [0.15, 0.2) is 0 Å². The highest BCUT2D eigenvalue weighted by Crippen LogP contribution is 2.32. The van der Waals surface area contributed by atoms with Crippen LogP contribution < -0.4 is 11.1 Å². The molecule has 0 aliphatic heterocycles. The van der Waals surface area contributed by atoms with E-state index in [1.807, 2.05) is 0 Å². The van der Waals surface area contributed by atoms with Gasteiger partial charge in [-0.05, 0) is 43.6 Å². The van der Waals surface area contributed by atoms with E-state index in [2.05, 4.69) is 12.2 Å². The average Bonchev–Trinajstić information content (AvgIpc) is 2.89. The van der Waals surface area contributed by atoms with Crippen molar-refractivity contribution in [2.45, 2.75) is 58.3 Å². The van der Waals surface area contributed by atoms with E-state index in [9.17, 15) is 4.79 Å². The van der Waals surface area contributed by atoms with E-state index in [1.54, 1.807) is 0 Å². The Morgan fingerprint density at radius 2 is 1.84 bits per heavy atom. The number of nitrogens with one attached hydrogen (secondary N) is 1. The molecular formula is C16H30N2O. The molecule has 2 fully saturated rings. The minimum absolute atomic E-state index is 0.189. The Morgan fingerprint density at radius 1 is 1.11 bits per heavy atom. The van der Waals surface area contributed by atoms with E-state index in [1.165, 1.54) is 32.1 Å². The second-order valence-corrected chi connectivity index (χ2v) is 6.63. The summed E-state index contributed by atoms with van der Waals surface area (Å²) < 4.78 is 0. The van der Waals surface area contributed by atoms with Crippen LogP contribution in [0.15, 0.2) is 0 Å². The third-order valence-electron chi connectivity index (χ3n) is 5.40. The number of carbonyl (C=O) groups is 1. The predicted molar refractivity (Wildman–Crippen MR) is 78.6 cm³/mol. The first-order valence-corrected chi connectivity index (χ1v) is 8.20. The van der Waals surface area contributed by atoms with Crippen molar-refractivity contribution in [2.24, 2.45) is 29.4 Å². The van der Waals surface area contributed by atoms with Gasteiger partial charge in [0.25, 0.3) is 0 Å². The van der Waals surface area contributed by atoms with Crippen molar-refractivity contribution in [3.8, 4) is 0 Å². The molecule has 0 radical (unpaired) electrons. The zero-order chi connectivity index (χ0) is 13.7. The fourth-order valence-corrected chi connectivity index (χ4v) is 4.00. The van der Waals surface area contributed by atoms with Gasteiger partial charge >= 0.3 is 0 Å². The zero-order valence-corrected chi connectivity index (χ0v) is 12.4. The van der Waals surface area contributed by atoms with Crippen LogP contribution in [0.4, 0.5) is 0 Å². The lowest BCUT2D eigenvalue weighted by molar-refractivity contribution is -0.126. The molecular weight excluding hydrogens is 236 g/mol. The number of rotatable bonds is 5. The molecule has 2 saturated carbocycles. The van der Waals surface area contributed by atoms with Gasteiger partial charge in [0.2, 0.25) is 5.91 Å². The maximum Gasteiger partial charge on any atom is 0.223 e. The van der Waals surface area contributed by atoms with Gasteiger partial charge in [0.1, 0.15) is 0 Å². The summed E-state index contributed by atoms with van der Waals surface area (Å²) in [5, 5.41) is 3.16. The Morgan fingerprint density at radius 3 is 2.58 bits per heavy atom. The SMILES string of the molecule is CC1CCCCC1CCNC(=O)[C@@H]1CCC[C@@H]1CN. The van der Waals surface area contributed by atoms with E-state index in [-0.39, 0.29) is 11.8 Å². The van der Waals surface area contributed by atoms with E-state index < -0.39 is 0 Å². The molecule has 2 rings (SSSR count). The van der Waals surface area contributed by atoms with Crippen molar-refractivity contribution in [3.63, 3.8) is 0 Å². The quantitative estimate of drug-likeness (QED) is 0.804. The lowest BCUT2D eigenvalue weighted by atomic mass is 9.78. The normalized spacial score (nSPS) is 35.3. The van der Waals surface area contributed by atoms with Crippen LogP contribution in [0.2, 0.25) is 0 Å². The highest BCUT2D eigenvalue weighted by molar-refractivity contribution is 5.79. The molecule has 2 unspecified atom stereocenters. The van der Waals surface area contributed by atoms with Crippen molar-refractivity contribution >= 4 is 5.91 Å². The molecule has 0 spiro atoms. The molecule has 1 amide bonds. The summed E-state index contributed by atoms with van der Waals surface area (Å²) in [7, 11) is 0. The summed E-state index contributed by atoms with van der Waals surface area (Å²) in [5.41, 5.74) is 5.75. The number of hydrogen-bond acceptors (Lipinski definition) is 2.